The quantitative estimate of drug-likeness (QED) is 0.865. The summed E-state index contributed by atoms with van der Waals surface area (Å²) in [6.45, 7) is 3.15. The Balaban J connectivity index is 1.68. The molecular weight excluding hydrogens is 272 g/mol. The van der Waals surface area contributed by atoms with Gasteiger partial charge >= 0.3 is 5.97 Å². The van der Waals surface area contributed by atoms with Crippen molar-refractivity contribution in [2.24, 2.45) is 7.05 Å². The number of carboxylic acid groups (broad SMARTS) is 1. The first-order valence-electron chi connectivity index (χ1n) is 6.68. The Labute approximate surface area is 121 Å². The van der Waals surface area contributed by atoms with Gasteiger partial charge in [0, 0.05) is 45.6 Å². The maximum absolute atomic E-state index is 10.9. The molecule has 1 N–H and O–H groups in total. The van der Waals surface area contributed by atoms with Crippen molar-refractivity contribution in [3.63, 3.8) is 0 Å². The Hall–Kier alpha value is -2.64. The first kappa shape index (κ1) is 13.3. The highest BCUT2D eigenvalue weighted by Crippen LogP contribution is 2.17. The molecule has 21 heavy (non-hydrogen) atoms. The lowest BCUT2D eigenvalue weighted by Crippen LogP contribution is -2.47. The van der Waals surface area contributed by atoms with Gasteiger partial charge in [0.1, 0.15) is 0 Å². The van der Waals surface area contributed by atoms with Crippen LogP contribution in [0.3, 0.4) is 0 Å². The Kier molecular flexibility index (Phi) is 3.43. The van der Waals surface area contributed by atoms with E-state index in [1.165, 1.54) is 12.3 Å². The number of aryl methyl sites for hydroxylation is 1. The minimum absolute atomic E-state index is 0.0229. The second kappa shape index (κ2) is 5.39. The largest absolute Gasteiger partial charge is 0.477 e. The molecule has 0 unspecified atom stereocenters. The van der Waals surface area contributed by atoms with Crippen LogP contribution in [0, 0.1) is 0 Å². The van der Waals surface area contributed by atoms with Crippen molar-refractivity contribution < 1.29 is 9.90 Å². The number of hydrogen-bond acceptors (Lipinski definition) is 6. The van der Waals surface area contributed by atoms with Crippen LogP contribution in [0.15, 0.2) is 24.7 Å². The van der Waals surface area contributed by atoms with Gasteiger partial charge in [-0.3, -0.25) is 4.68 Å². The number of aromatic nitrogens is 4. The predicted molar refractivity (Wildman–Crippen MR) is 76.6 cm³/mol. The fourth-order valence-electron chi connectivity index (χ4n) is 2.36. The maximum Gasteiger partial charge on any atom is 0.354 e. The lowest BCUT2D eigenvalue weighted by atomic mass is 10.3. The van der Waals surface area contributed by atoms with Crippen LogP contribution in [0.5, 0.6) is 0 Å². The summed E-state index contributed by atoms with van der Waals surface area (Å²) in [5.41, 5.74) is 1.12. The molecule has 8 nitrogen and oxygen atoms in total. The Morgan fingerprint density at radius 2 is 1.95 bits per heavy atom. The number of piperazine rings is 1. The van der Waals surface area contributed by atoms with Crippen LogP contribution < -0.4 is 9.80 Å². The Morgan fingerprint density at radius 1 is 1.24 bits per heavy atom. The number of carboxylic acids is 1. The van der Waals surface area contributed by atoms with Crippen molar-refractivity contribution in [3.8, 4) is 0 Å². The molecule has 1 saturated heterocycles. The molecule has 0 spiro atoms. The minimum atomic E-state index is -1.03. The molecule has 2 aromatic rings. The molecule has 2 aromatic heterocycles. The van der Waals surface area contributed by atoms with E-state index >= 15 is 0 Å². The Bertz CT molecular complexity index is 648. The third kappa shape index (κ3) is 2.78. The van der Waals surface area contributed by atoms with Crippen molar-refractivity contribution in [2.45, 2.75) is 0 Å². The highest BCUT2D eigenvalue weighted by atomic mass is 16.4. The molecule has 0 radical (unpaired) electrons. The Morgan fingerprint density at radius 3 is 2.57 bits per heavy atom. The summed E-state index contributed by atoms with van der Waals surface area (Å²) in [5.74, 6) is -0.562. The van der Waals surface area contributed by atoms with Gasteiger partial charge in [-0.1, -0.05) is 0 Å². The van der Waals surface area contributed by atoms with Gasteiger partial charge in [-0.15, -0.1) is 0 Å². The van der Waals surface area contributed by atoms with Crippen molar-refractivity contribution in [3.05, 3.63) is 30.4 Å². The fourth-order valence-corrected chi connectivity index (χ4v) is 2.36. The number of rotatable bonds is 3. The van der Waals surface area contributed by atoms with Crippen LogP contribution in [-0.2, 0) is 7.05 Å². The topological polar surface area (TPSA) is 87.4 Å². The molecule has 1 aliphatic rings. The molecule has 1 aliphatic heterocycles. The molecule has 110 valence electrons. The summed E-state index contributed by atoms with van der Waals surface area (Å²) >= 11 is 0. The first-order valence-corrected chi connectivity index (χ1v) is 6.68. The summed E-state index contributed by atoms with van der Waals surface area (Å²) in [4.78, 5) is 23.4. The monoisotopic (exact) mass is 288 g/mol. The zero-order valence-corrected chi connectivity index (χ0v) is 11.7. The highest BCUT2D eigenvalue weighted by molar-refractivity contribution is 5.85. The average Bonchev–Trinajstić information content (AvgIpc) is 2.94. The van der Waals surface area contributed by atoms with Gasteiger partial charge in [-0.25, -0.2) is 14.8 Å². The fraction of sp³-hybridized carbons (Fsp3) is 0.385. The summed E-state index contributed by atoms with van der Waals surface area (Å²) in [6.07, 6.45) is 5.31. The normalized spacial score (nSPS) is 15.3. The summed E-state index contributed by atoms with van der Waals surface area (Å²) < 4.78 is 1.78. The lowest BCUT2D eigenvalue weighted by Gasteiger charge is -2.35. The van der Waals surface area contributed by atoms with E-state index in [0.29, 0.717) is 5.95 Å². The summed E-state index contributed by atoms with van der Waals surface area (Å²) in [7, 11) is 1.89. The average molecular weight is 288 g/mol. The van der Waals surface area contributed by atoms with Crippen LogP contribution in [0.25, 0.3) is 0 Å². The predicted octanol–water partition coefficient (Wildman–Crippen LogP) is 0.235. The van der Waals surface area contributed by atoms with Crippen molar-refractivity contribution in [2.75, 3.05) is 36.0 Å². The molecule has 1 fully saturated rings. The first-order chi connectivity index (χ1) is 10.1. The van der Waals surface area contributed by atoms with Gasteiger partial charge in [-0.05, 0) is 6.07 Å². The van der Waals surface area contributed by atoms with Crippen LogP contribution >= 0.6 is 0 Å². The van der Waals surface area contributed by atoms with Crippen LogP contribution in [0.2, 0.25) is 0 Å². The third-order valence-corrected chi connectivity index (χ3v) is 3.48. The van der Waals surface area contributed by atoms with Gasteiger partial charge in [0.25, 0.3) is 0 Å². The van der Waals surface area contributed by atoms with Gasteiger partial charge in [0.15, 0.2) is 5.69 Å². The molecule has 0 amide bonds. The van der Waals surface area contributed by atoms with Crippen LogP contribution in [0.4, 0.5) is 11.6 Å². The number of carbonyl (C=O) groups is 1. The van der Waals surface area contributed by atoms with E-state index in [1.54, 1.807) is 4.68 Å². The summed E-state index contributed by atoms with van der Waals surface area (Å²) in [6, 6.07) is 1.40. The molecule has 8 heteroatoms. The number of hydrogen-bond donors (Lipinski definition) is 1. The molecular formula is C13H16N6O2. The molecule has 0 aliphatic carbocycles. The van der Waals surface area contributed by atoms with Gasteiger partial charge in [0.05, 0.1) is 11.9 Å². The smallest absolute Gasteiger partial charge is 0.354 e. The zero-order chi connectivity index (χ0) is 14.8. The van der Waals surface area contributed by atoms with E-state index in [-0.39, 0.29) is 5.69 Å². The zero-order valence-electron chi connectivity index (χ0n) is 11.7. The summed E-state index contributed by atoms with van der Waals surface area (Å²) in [5, 5.41) is 13.1. The molecule has 3 heterocycles. The van der Waals surface area contributed by atoms with E-state index in [1.807, 2.05) is 24.3 Å². The van der Waals surface area contributed by atoms with E-state index in [9.17, 15) is 4.79 Å². The van der Waals surface area contributed by atoms with Crippen molar-refractivity contribution >= 4 is 17.6 Å². The lowest BCUT2D eigenvalue weighted by molar-refractivity contribution is 0.0690. The van der Waals surface area contributed by atoms with E-state index in [0.717, 1.165) is 31.9 Å². The van der Waals surface area contributed by atoms with Crippen LogP contribution in [0.1, 0.15) is 10.5 Å². The standard InChI is InChI=1S/C13H16N6O2/c1-17-9-10(8-15-17)18-4-6-19(7-5-18)13-14-3-2-11(16-13)12(20)21/h2-3,8-9H,4-7H2,1H3,(H,20,21). The van der Waals surface area contributed by atoms with Crippen molar-refractivity contribution in [1.29, 1.82) is 0 Å². The molecule has 3 rings (SSSR count). The SMILES string of the molecule is Cn1cc(N2CCN(c3nccc(C(=O)O)n3)CC2)cn1. The molecule has 0 saturated carbocycles. The molecule has 0 atom stereocenters. The van der Waals surface area contributed by atoms with E-state index in [2.05, 4.69) is 20.0 Å². The second-order valence-corrected chi connectivity index (χ2v) is 4.89. The van der Waals surface area contributed by atoms with Gasteiger partial charge < -0.3 is 14.9 Å². The minimum Gasteiger partial charge on any atom is -0.477 e. The number of anilines is 2. The van der Waals surface area contributed by atoms with Gasteiger partial charge in [-0.2, -0.15) is 5.10 Å². The van der Waals surface area contributed by atoms with Crippen molar-refractivity contribution in [1.82, 2.24) is 19.7 Å². The van der Waals surface area contributed by atoms with Gasteiger partial charge in [0.2, 0.25) is 5.95 Å². The number of aromatic carboxylic acids is 1. The molecule has 0 bridgehead atoms. The van der Waals surface area contributed by atoms with E-state index < -0.39 is 5.97 Å². The maximum atomic E-state index is 10.9. The third-order valence-electron chi connectivity index (χ3n) is 3.48. The van der Waals surface area contributed by atoms with Crippen LogP contribution in [-0.4, -0.2) is 57.0 Å². The second-order valence-electron chi connectivity index (χ2n) is 4.89. The van der Waals surface area contributed by atoms with E-state index in [4.69, 9.17) is 5.11 Å². The highest BCUT2D eigenvalue weighted by Gasteiger charge is 2.20. The number of nitrogens with zero attached hydrogens (tertiary/aromatic N) is 6. The molecule has 0 aromatic carbocycles.